The third-order valence-electron chi connectivity index (χ3n) is 6.27. The number of phenols is 1. The fraction of sp³-hybridized carbons (Fsp3) is 0.269. The smallest absolute Gasteiger partial charge is 0.252 e. The normalized spacial score (nSPS) is 21.0. The van der Waals surface area contributed by atoms with E-state index < -0.39 is 29.5 Å². The van der Waals surface area contributed by atoms with Crippen LogP contribution in [-0.2, 0) is 20.7 Å². The van der Waals surface area contributed by atoms with Crippen LogP contribution in [0.1, 0.15) is 29.8 Å². The number of hydrogen-bond acceptors (Lipinski definition) is 5. The zero-order chi connectivity index (χ0) is 23.6. The summed E-state index contributed by atoms with van der Waals surface area (Å²) in [5.74, 6) is -0.982. The fourth-order valence-electron chi connectivity index (χ4n) is 3.99. The molecule has 0 aromatic heterocycles. The van der Waals surface area contributed by atoms with Crippen LogP contribution in [0.5, 0.6) is 5.75 Å². The Morgan fingerprint density at radius 2 is 1.79 bits per heavy atom. The summed E-state index contributed by atoms with van der Waals surface area (Å²) in [6.07, 6.45) is -0.306. The maximum absolute atomic E-state index is 13.3. The molecule has 3 unspecified atom stereocenters. The van der Waals surface area contributed by atoms with Crippen molar-refractivity contribution in [1.82, 2.24) is 10.6 Å². The Morgan fingerprint density at radius 3 is 2.48 bits per heavy atom. The first kappa shape index (κ1) is 22.5. The van der Waals surface area contributed by atoms with Crippen LogP contribution in [0.3, 0.4) is 0 Å². The van der Waals surface area contributed by atoms with Gasteiger partial charge in [0, 0.05) is 12.0 Å². The zero-order valence-corrected chi connectivity index (χ0v) is 18.5. The second-order valence-electron chi connectivity index (χ2n) is 8.49. The number of ketones is 1. The van der Waals surface area contributed by atoms with Gasteiger partial charge in [-0.05, 0) is 48.4 Å². The fourth-order valence-corrected chi connectivity index (χ4v) is 3.99. The first-order valence-electron chi connectivity index (χ1n) is 10.8. The van der Waals surface area contributed by atoms with E-state index in [1.54, 1.807) is 38.1 Å². The molecule has 7 nitrogen and oxygen atoms in total. The van der Waals surface area contributed by atoms with Crippen LogP contribution in [-0.4, -0.2) is 47.0 Å². The first-order chi connectivity index (χ1) is 15.8. The number of rotatable bonds is 6. The van der Waals surface area contributed by atoms with E-state index >= 15 is 0 Å². The van der Waals surface area contributed by atoms with Crippen molar-refractivity contribution in [3.05, 3.63) is 77.9 Å². The number of amides is 2. The molecule has 4 rings (SSSR count). The number of aromatic hydroxyl groups is 1. The Balaban J connectivity index is 1.62. The molecule has 170 valence electrons. The largest absolute Gasteiger partial charge is 0.508 e. The van der Waals surface area contributed by atoms with Crippen molar-refractivity contribution in [2.24, 2.45) is 0 Å². The molecule has 0 aliphatic carbocycles. The van der Waals surface area contributed by atoms with Crippen LogP contribution >= 0.6 is 0 Å². The Morgan fingerprint density at radius 1 is 1.09 bits per heavy atom. The molecule has 2 amide bonds. The molecule has 1 heterocycles. The Labute approximate surface area is 191 Å². The van der Waals surface area contributed by atoms with E-state index in [-0.39, 0.29) is 24.6 Å². The highest BCUT2D eigenvalue weighted by Crippen LogP contribution is 2.23. The van der Waals surface area contributed by atoms with E-state index in [2.05, 4.69) is 10.6 Å². The van der Waals surface area contributed by atoms with E-state index in [0.29, 0.717) is 5.56 Å². The van der Waals surface area contributed by atoms with Gasteiger partial charge in [-0.15, -0.1) is 0 Å². The number of nitrogens with one attached hydrogen (secondary N) is 2. The number of phenolic OH excluding ortho intramolecular Hbond substituents is 1. The van der Waals surface area contributed by atoms with E-state index in [0.717, 1.165) is 16.3 Å². The van der Waals surface area contributed by atoms with Gasteiger partial charge in [0.1, 0.15) is 23.9 Å². The maximum atomic E-state index is 13.3. The van der Waals surface area contributed by atoms with Crippen molar-refractivity contribution in [3.63, 3.8) is 0 Å². The molecule has 0 saturated carbocycles. The van der Waals surface area contributed by atoms with Crippen LogP contribution in [0.2, 0.25) is 0 Å². The summed E-state index contributed by atoms with van der Waals surface area (Å²) in [7, 11) is 0. The standard InChI is InChI=1S/C26H26N2O5/c1-16-26(2,23(30)15-33-16)28-25(32)22(14-17-10-12-19(29)13-11-17)27-24(31)21-9-5-7-18-6-3-4-8-20(18)21/h3-13,16,22,29H,14-15H2,1-2H3,(H,27,31)(H,28,32). The first-order valence-corrected chi connectivity index (χ1v) is 10.8. The maximum Gasteiger partial charge on any atom is 0.252 e. The van der Waals surface area contributed by atoms with Gasteiger partial charge in [0.15, 0.2) is 5.78 Å². The summed E-state index contributed by atoms with van der Waals surface area (Å²) in [5.41, 5.74) is 0.0314. The third-order valence-corrected chi connectivity index (χ3v) is 6.27. The number of fused-ring (bicyclic) bond motifs is 1. The van der Waals surface area contributed by atoms with Gasteiger partial charge in [-0.25, -0.2) is 0 Å². The van der Waals surface area contributed by atoms with Crippen LogP contribution in [0.15, 0.2) is 66.7 Å². The molecule has 7 heteroatoms. The third kappa shape index (κ3) is 4.59. The van der Waals surface area contributed by atoms with Gasteiger partial charge in [-0.2, -0.15) is 0 Å². The highest BCUT2D eigenvalue weighted by atomic mass is 16.5. The van der Waals surface area contributed by atoms with Crippen molar-refractivity contribution < 1.29 is 24.2 Å². The molecule has 1 saturated heterocycles. The number of benzene rings is 3. The molecule has 3 N–H and O–H groups in total. The second-order valence-corrected chi connectivity index (χ2v) is 8.49. The highest BCUT2D eigenvalue weighted by Gasteiger charge is 2.47. The van der Waals surface area contributed by atoms with Crippen molar-refractivity contribution >= 4 is 28.4 Å². The SMILES string of the molecule is CC1OCC(=O)C1(C)NC(=O)C(Cc1ccc(O)cc1)NC(=O)c1cccc2ccccc12. The second kappa shape index (κ2) is 9.03. The minimum atomic E-state index is -1.17. The number of carbonyl (C=O) groups excluding carboxylic acids is 3. The van der Waals surface area contributed by atoms with Gasteiger partial charge < -0.3 is 20.5 Å². The molecule has 3 atom stereocenters. The minimum Gasteiger partial charge on any atom is -0.508 e. The van der Waals surface area contributed by atoms with Gasteiger partial charge >= 0.3 is 0 Å². The summed E-state index contributed by atoms with van der Waals surface area (Å²) < 4.78 is 5.41. The van der Waals surface area contributed by atoms with E-state index in [1.807, 2.05) is 30.3 Å². The molecule has 3 aromatic rings. The molecule has 1 aliphatic rings. The van der Waals surface area contributed by atoms with Gasteiger partial charge in [-0.1, -0.05) is 48.5 Å². The van der Waals surface area contributed by atoms with E-state index in [1.165, 1.54) is 12.1 Å². The van der Waals surface area contributed by atoms with Gasteiger partial charge in [0.2, 0.25) is 5.91 Å². The quantitative estimate of drug-likeness (QED) is 0.540. The number of Topliss-reactive ketones (excluding diaryl/α,β-unsaturated/α-hetero) is 1. The molecule has 0 radical (unpaired) electrons. The van der Waals surface area contributed by atoms with Crippen molar-refractivity contribution in [1.29, 1.82) is 0 Å². The molecule has 0 bridgehead atoms. The number of carbonyl (C=O) groups is 3. The lowest BCUT2D eigenvalue weighted by Gasteiger charge is -2.30. The summed E-state index contributed by atoms with van der Waals surface area (Å²) in [6, 6.07) is 18.4. The van der Waals surface area contributed by atoms with Gasteiger partial charge in [0.05, 0.1) is 6.10 Å². The van der Waals surface area contributed by atoms with Crippen molar-refractivity contribution in [2.75, 3.05) is 6.61 Å². The average Bonchev–Trinajstić information content (AvgIpc) is 3.06. The number of ether oxygens (including phenoxy) is 1. The summed E-state index contributed by atoms with van der Waals surface area (Å²) in [6.45, 7) is 3.30. The van der Waals surface area contributed by atoms with Crippen LogP contribution < -0.4 is 10.6 Å². The van der Waals surface area contributed by atoms with Crippen LogP contribution in [0.25, 0.3) is 10.8 Å². The van der Waals surface area contributed by atoms with Crippen LogP contribution in [0, 0.1) is 0 Å². The zero-order valence-electron chi connectivity index (χ0n) is 18.5. The average molecular weight is 447 g/mol. The molecule has 0 spiro atoms. The topological polar surface area (TPSA) is 105 Å². The van der Waals surface area contributed by atoms with E-state index in [4.69, 9.17) is 4.74 Å². The lowest BCUT2D eigenvalue weighted by molar-refractivity contribution is -0.130. The van der Waals surface area contributed by atoms with Gasteiger partial charge in [0.25, 0.3) is 5.91 Å². The Kier molecular flexibility index (Phi) is 6.16. The predicted molar refractivity (Wildman–Crippen MR) is 124 cm³/mol. The summed E-state index contributed by atoms with van der Waals surface area (Å²) >= 11 is 0. The van der Waals surface area contributed by atoms with Crippen LogP contribution in [0.4, 0.5) is 0 Å². The predicted octanol–water partition coefficient (Wildman–Crippen LogP) is 2.75. The highest BCUT2D eigenvalue weighted by molar-refractivity contribution is 6.08. The Hall–Kier alpha value is -3.71. The van der Waals surface area contributed by atoms with Crippen molar-refractivity contribution in [3.8, 4) is 5.75 Å². The van der Waals surface area contributed by atoms with Crippen molar-refractivity contribution in [2.45, 2.75) is 38.0 Å². The molecule has 3 aromatic carbocycles. The van der Waals surface area contributed by atoms with Gasteiger partial charge in [-0.3, -0.25) is 14.4 Å². The molecule has 33 heavy (non-hydrogen) atoms. The molecule has 1 aliphatic heterocycles. The van der Waals surface area contributed by atoms with E-state index in [9.17, 15) is 19.5 Å². The Bertz CT molecular complexity index is 1200. The number of hydrogen-bond donors (Lipinski definition) is 3. The lowest BCUT2D eigenvalue weighted by Crippen LogP contribution is -2.60. The molecular formula is C26H26N2O5. The molecule has 1 fully saturated rings. The molecular weight excluding hydrogens is 420 g/mol. The summed E-state index contributed by atoms with van der Waals surface area (Å²) in [4.78, 5) is 39.0. The summed E-state index contributed by atoms with van der Waals surface area (Å²) in [5, 5.41) is 16.9. The lowest BCUT2D eigenvalue weighted by atomic mass is 9.92. The minimum absolute atomic E-state index is 0.0665. The monoisotopic (exact) mass is 446 g/mol.